The average molecular weight is 268 g/mol. The van der Waals surface area contributed by atoms with E-state index in [1.165, 1.54) is 0 Å². The first-order valence-electron chi connectivity index (χ1n) is 4.70. The second-order valence-corrected chi connectivity index (χ2v) is 3.90. The lowest BCUT2D eigenvalue weighted by Crippen LogP contribution is -2.13. The lowest BCUT2D eigenvalue weighted by atomic mass is 10.2. The van der Waals surface area contributed by atoms with Crippen LogP contribution in [0.3, 0.4) is 0 Å². The molecule has 0 spiro atoms. The van der Waals surface area contributed by atoms with Crippen LogP contribution in [-0.4, -0.2) is 13.7 Å². The smallest absolute Gasteiger partial charge is 0.124 e. The summed E-state index contributed by atoms with van der Waals surface area (Å²) in [5.74, 6) is 6.69. The first-order chi connectivity index (χ1) is 7.27. The van der Waals surface area contributed by atoms with Crippen molar-refractivity contribution in [1.29, 1.82) is 0 Å². The zero-order valence-corrected chi connectivity index (χ0v) is 10.5. The van der Waals surface area contributed by atoms with E-state index in [0.29, 0.717) is 6.54 Å². The molecule has 0 aliphatic carbocycles. The van der Waals surface area contributed by atoms with Gasteiger partial charge in [-0.15, -0.1) is 5.92 Å². The summed E-state index contributed by atoms with van der Waals surface area (Å²) in [6.45, 7) is 3.31. The third-order valence-electron chi connectivity index (χ3n) is 1.95. The second-order valence-electron chi connectivity index (χ2n) is 2.99. The molecule has 0 saturated carbocycles. The highest BCUT2D eigenvalue weighted by molar-refractivity contribution is 9.10. The SMILES string of the molecule is CC#CCNCc1ccc(Br)cc1OC. The van der Waals surface area contributed by atoms with Crippen molar-refractivity contribution in [3.63, 3.8) is 0 Å². The maximum absolute atomic E-state index is 5.28. The Morgan fingerprint density at radius 1 is 1.47 bits per heavy atom. The molecule has 0 heterocycles. The minimum absolute atomic E-state index is 0.704. The van der Waals surface area contributed by atoms with Crippen molar-refractivity contribution < 1.29 is 4.74 Å². The summed E-state index contributed by atoms with van der Waals surface area (Å²) >= 11 is 3.41. The van der Waals surface area contributed by atoms with Gasteiger partial charge in [-0.05, 0) is 19.1 Å². The lowest BCUT2D eigenvalue weighted by molar-refractivity contribution is 0.408. The van der Waals surface area contributed by atoms with E-state index in [2.05, 4.69) is 33.1 Å². The van der Waals surface area contributed by atoms with Crippen LogP contribution in [-0.2, 0) is 6.54 Å². The Kier molecular flexibility index (Phi) is 5.23. The van der Waals surface area contributed by atoms with E-state index in [-0.39, 0.29) is 0 Å². The van der Waals surface area contributed by atoms with Gasteiger partial charge < -0.3 is 10.1 Å². The maximum Gasteiger partial charge on any atom is 0.124 e. The highest BCUT2D eigenvalue weighted by Crippen LogP contribution is 2.23. The lowest BCUT2D eigenvalue weighted by Gasteiger charge is -2.08. The molecule has 0 atom stereocenters. The van der Waals surface area contributed by atoms with E-state index in [4.69, 9.17) is 4.74 Å². The Bertz CT molecular complexity index is 379. The first-order valence-corrected chi connectivity index (χ1v) is 5.50. The van der Waals surface area contributed by atoms with E-state index in [1.807, 2.05) is 25.1 Å². The Morgan fingerprint density at radius 3 is 2.93 bits per heavy atom. The van der Waals surface area contributed by atoms with E-state index in [1.54, 1.807) is 7.11 Å². The molecule has 0 aromatic heterocycles. The highest BCUT2D eigenvalue weighted by Gasteiger charge is 2.02. The van der Waals surface area contributed by atoms with Crippen LogP contribution in [0.2, 0.25) is 0 Å². The quantitative estimate of drug-likeness (QED) is 0.669. The zero-order valence-electron chi connectivity index (χ0n) is 8.93. The first kappa shape index (κ1) is 12.1. The molecule has 2 nitrogen and oxygen atoms in total. The number of ether oxygens (including phenoxy) is 1. The van der Waals surface area contributed by atoms with E-state index in [9.17, 15) is 0 Å². The second kappa shape index (κ2) is 6.49. The fraction of sp³-hybridized carbons (Fsp3) is 0.333. The number of rotatable bonds is 4. The zero-order chi connectivity index (χ0) is 11.1. The van der Waals surface area contributed by atoms with Crippen molar-refractivity contribution in [1.82, 2.24) is 5.32 Å². The number of methoxy groups -OCH3 is 1. The van der Waals surface area contributed by atoms with E-state index < -0.39 is 0 Å². The molecule has 0 aliphatic rings. The summed E-state index contributed by atoms with van der Waals surface area (Å²) in [6, 6.07) is 6.00. The van der Waals surface area contributed by atoms with Crippen molar-refractivity contribution in [3.8, 4) is 17.6 Å². The number of benzene rings is 1. The molecule has 15 heavy (non-hydrogen) atoms. The minimum Gasteiger partial charge on any atom is -0.496 e. The van der Waals surface area contributed by atoms with Gasteiger partial charge in [-0.3, -0.25) is 0 Å². The van der Waals surface area contributed by atoms with Crippen molar-refractivity contribution in [3.05, 3.63) is 28.2 Å². The summed E-state index contributed by atoms with van der Waals surface area (Å²) in [5.41, 5.74) is 1.14. The van der Waals surface area contributed by atoms with Crippen LogP contribution in [0.1, 0.15) is 12.5 Å². The van der Waals surface area contributed by atoms with Crippen molar-refractivity contribution in [2.24, 2.45) is 0 Å². The maximum atomic E-state index is 5.28. The monoisotopic (exact) mass is 267 g/mol. The highest BCUT2D eigenvalue weighted by atomic mass is 79.9. The summed E-state index contributed by atoms with van der Waals surface area (Å²) in [6.07, 6.45) is 0. The van der Waals surface area contributed by atoms with Crippen LogP contribution < -0.4 is 10.1 Å². The van der Waals surface area contributed by atoms with Crippen LogP contribution in [0.5, 0.6) is 5.75 Å². The van der Waals surface area contributed by atoms with Crippen LogP contribution in [0.4, 0.5) is 0 Å². The molecule has 1 rings (SSSR count). The normalized spacial score (nSPS) is 9.27. The molecule has 0 unspecified atom stereocenters. The predicted molar refractivity (Wildman–Crippen MR) is 65.9 cm³/mol. The van der Waals surface area contributed by atoms with Gasteiger partial charge in [0.05, 0.1) is 13.7 Å². The van der Waals surface area contributed by atoms with Gasteiger partial charge in [0.15, 0.2) is 0 Å². The fourth-order valence-electron chi connectivity index (χ4n) is 1.21. The molecule has 1 aromatic carbocycles. The summed E-state index contributed by atoms with van der Waals surface area (Å²) in [5, 5.41) is 3.23. The van der Waals surface area contributed by atoms with Gasteiger partial charge in [0.2, 0.25) is 0 Å². The van der Waals surface area contributed by atoms with Crippen molar-refractivity contribution >= 4 is 15.9 Å². The fourth-order valence-corrected chi connectivity index (χ4v) is 1.55. The molecule has 1 N–H and O–H groups in total. The van der Waals surface area contributed by atoms with Crippen molar-refractivity contribution in [2.75, 3.05) is 13.7 Å². The molecule has 3 heteroatoms. The number of hydrogen-bond donors (Lipinski definition) is 1. The van der Waals surface area contributed by atoms with Gasteiger partial charge >= 0.3 is 0 Å². The number of nitrogens with one attached hydrogen (secondary N) is 1. The molecule has 0 bridgehead atoms. The topological polar surface area (TPSA) is 21.3 Å². The third kappa shape index (κ3) is 3.94. The van der Waals surface area contributed by atoms with Crippen molar-refractivity contribution in [2.45, 2.75) is 13.5 Å². The van der Waals surface area contributed by atoms with Crippen LogP contribution in [0, 0.1) is 11.8 Å². The Labute approximate surface area is 99.2 Å². The Morgan fingerprint density at radius 2 is 2.27 bits per heavy atom. The number of hydrogen-bond acceptors (Lipinski definition) is 2. The molecule has 0 aliphatic heterocycles. The molecule has 0 saturated heterocycles. The van der Waals surface area contributed by atoms with E-state index >= 15 is 0 Å². The van der Waals surface area contributed by atoms with Gasteiger partial charge in [0.25, 0.3) is 0 Å². The third-order valence-corrected chi connectivity index (χ3v) is 2.45. The molecule has 1 aromatic rings. The van der Waals surface area contributed by atoms with Crippen LogP contribution >= 0.6 is 15.9 Å². The largest absolute Gasteiger partial charge is 0.496 e. The van der Waals surface area contributed by atoms with Gasteiger partial charge in [0, 0.05) is 16.6 Å². The standard InChI is InChI=1S/C12H14BrNO/c1-3-4-7-14-9-10-5-6-11(13)8-12(10)15-2/h5-6,8,14H,7,9H2,1-2H3. The molecular formula is C12H14BrNO. The van der Waals surface area contributed by atoms with Gasteiger partial charge in [0.1, 0.15) is 5.75 Å². The van der Waals surface area contributed by atoms with Crippen LogP contribution in [0.15, 0.2) is 22.7 Å². The Hall–Kier alpha value is -0.980. The van der Waals surface area contributed by atoms with Gasteiger partial charge in [-0.1, -0.05) is 27.9 Å². The predicted octanol–water partition coefficient (Wildman–Crippen LogP) is 2.57. The molecule has 0 amide bonds. The molecule has 0 radical (unpaired) electrons. The summed E-state index contributed by atoms with van der Waals surface area (Å²) < 4.78 is 6.30. The minimum atomic E-state index is 0.704. The average Bonchev–Trinajstić information content (AvgIpc) is 2.26. The summed E-state index contributed by atoms with van der Waals surface area (Å²) in [4.78, 5) is 0. The molecule has 0 fully saturated rings. The molecule has 80 valence electrons. The van der Waals surface area contributed by atoms with E-state index in [0.717, 1.165) is 22.3 Å². The number of halogens is 1. The Balaban J connectivity index is 2.62. The summed E-state index contributed by atoms with van der Waals surface area (Å²) in [7, 11) is 1.68. The molecular weight excluding hydrogens is 254 g/mol. The van der Waals surface area contributed by atoms with Gasteiger partial charge in [-0.25, -0.2) is 0 Å². The van der Waals surface area contributed by atoms with Gasteiger partial charge in [-0.2, -0.15) is 0 Å². The van der Waals surface area contributed by atoms with Crippen LogP contribution in [0.25, 0.3) is 0 Å².